The van der Waals surface area contributed by atoms with E-state index in [4.69, 9.17) is 33.2 Å². The minimum Gasteiger partial charge on any atom is -0.448 e. The molecule has 2 fully saturated rings. The molecular formula is C50H81N4O15P. The Labute approximate surface area is 414 Å². The van der Waals surface area contributed by atoms with Crippen LogP contribution in [0.4, 0.5) is 0 Å². The Morgan fingerprint density at radius 1 is 1.09 bits per heavy atom. The van der Waals surface area contributed by atoms with E-state index in [1.54, 1.807) is 45.8 Å². The van der Waals surface area contributed by atoms with Crippen LogP contribution < -0.4 is 5.32 Å². The fourth-order valence-electron chi connectivity index (χ4n) is 8.96. The fourth-order valence-corrected chi connectivity index (χ4v) is 9.64. The highest BCUT2D eigenvalue weighted by Gasteiger charge is 2.68. The lowest BCUT2D eigenvalue weighted by Crippen LogP contribution is -2.58. The highest BCUT2D eigenvalue weighted by atomic mass is 31.2. The number of nitrogens with one attached hydrogen (secondary N) is 1. The third-order valence-corrected chi connectivity index (χ3v) is 14.5. The Morgan fingerprint density at radius 2 is 1.76 bits per heavy atom. The largest absolute Gasteiger partial charge is 0.469 e. The number of likely N-dealkylation sites (N-methyl/N-ethyl adjacent to an activating group) is 1. The number of nitrogens with zero attached hydrogens (tertiary/aromatic N) is 3. The van der Waals surface area contributed by atoms with Gasteiger partial charge in [0.05, 0.1) is 49.2 Å². The molecule has 0 saturated carbocycles. The van der Waals surface area contributed by atoms with Crippen LogP contribution in [0.2, 0.25) is 0 Å². The zero-order valence-electron chi connectivity index (χ0n) is 43.1. The van der Waals surface area contributed by atoms with Crippen molar-refractivity contribution >= 4 is 19.8 Å². The molecule has 396 valence electrons. The lowest BCUT2D eigenvalue weighted by molar-refractivity contribution is -0.334. The van der Waals surface area contributed by atoms with Gasteiger partial charge in [-0.1, -0.05) is 77.5 Å². The third kappa shape index (κ3) is 16.3. The molecule has 0 radical (unpaired) electrons. The molecule has 15 atom stereocenters. The zero-order valence-corrected chi connectivity index (χ0v) is 44.0. The first-order valence-corrected chi connectivity index (χ1v) is 25.4. The molecule has 2 unspecified atom stereocenters. The fraction of sp³-hybridized carbons (Fsp3) is 0.700. The number of hydrogen-bond acceptors (Lipinski definition) is 16. The van der Waals surface area contributed by atoms with Crippen molar-refractivity contribution in [3.63, 3.8) is 0 Å². The molecule has 20 heteroatoms. The summed E-state index contributed by atoms with van der Waals surface area (Å²) in [6, 6.07) is 1.40. The zero-order chi connectivity index (χ0) is 52.9. The number of nitriles is 1. The second kappa shape index (κ2) is 27.0. The summed E-state index contributed by atoms with van der Waals surface area (Å²) >= 11 is 0. The molecular weight excluding hydrogens is 928 g/mol. The molecule has 1 amide bonds. The average Bonchev–Trinajstić information content (AvgIpc) is 3.84. The molecule has 8 N–H and O–H groups in total. The smallest absolute Gasteiger partial charge is 0.448 e. The summed E-state index contributed by atoms with van der Waals surface area (Å²) in [4.78, 5) is 39.2. The predicted octanol–water partition coefficient (Wildman–Crippen LogP) is 4.69. The van der Waals surface area contributed by atoms with Gasteiger partial charge in [-0.3, -0.25) is 9.32 Å². The normalized spacial score (nSPS) is 27.6. The number of rotatable bonds is 26. The topological polar surface area (TPSA) is 287 Å². The number of phosphoric acid groups is 1. The van der Waals surface area contributed by atoms with Gasteiger partial charge < -0.3 is 68.9 Å². The maximum absolute atomic E-state index is 12.6. The Bertz CT molecular complexity index is 2080. The molecule has 2 aliphatic rings. The van der Waals surface area contributed by atoms with Crippen LogP contribution >= 0.6 is 7.82 Å². The Morgan fingerprint density at radius 3 is 2.36 bits per heavy atom. The Hall–Kier alpha value is -3.42. The number of carbonyl (C=O) groups is 1. The van der Waals surface area contributed by atoms with Gasteiger partial charge in [0.25, 0.3) is 5.91 Å². The molecule has 3 heterocycles. The summed E-state index contributed by atoms with van der Waals surface area (Å²) in [7, 11) is 1.12. The van der Waals surface area contributed by atoms with Crippen molar-refractivity contribution in [2.45, 2.75) is 161 Å². The van der Waals surface area contributed by atoms with Gasteiger partial charge in [0, 0.05) is 68.8 Å². The number of phosphoric ester groups is 1. The molecule has 3 rings (SSSR count). The van der Waals surface area contributed by atoms with Crippen LogP contribution in [0.1, 0.15) is 105 Å². The number of oxazole rings is 1. The van der Waals surface area contributed by atoms with Gasteiger partial charge in [0.1, 0.15) is 30.3 Å². The number of ether oxygens (including phenoxy) is 4. The summed E-state index contributed by atoms with van der Waals surface area (Å²) in [5, 5.41) is 67.1. The van der Waals surface area contributed by atoms with Gasteiger partial charge in [0.15, 0.2) is 17.8 Å². The summed E-state index contributed by atoms with van der Waals surface area (Å²) in [6.07, 6.45) is 4.10. The van der Waals surface area contributed by atoms with Crippen molar-refractivity contribution < 1.29 is 72.6 Å². The lowest BCUT2D eigenvalue weighted by atomic mass is 9.72. The maximum Gasteiger partial charge on any atom is 0.469 e. The quantitative estimate of drug-likeness (QED) is 0.0355. The monoisotopic (exact) mass is 1010 g/mol. The van der Waals surface area contributed by atoms with Crippen LogP contribution in [0.25, 0.3) is 6.08 Å². The van der Waals surface area contributed by atoms with Gasteiger partial charge in [-0.2, -0.15) is 5.26 Å². The summed E-state index contributed by atoms with van der Waals surface area (Å²) in [5.41, 5.74) is 1.87. The third-order valence-electron chi connectivity index (χ3n) is 14.0. The number of methoxy groups -OCH3 is 2. The highest BCUT2D eigenvalue weighted by Crippen LogP contribution is 2.59. The number of aliphatic hydroxyl groups is 5. The van der Waals surface area contributed by atoms with Crippen LogP contribution in [0.15, 0.2) is 63.9 Å². The molecule has 2 aliphatic heterocycles. The van der Waals surface area contributed by atoms with E-state index in [2.05, 4.69) is 10.3 Å². The van der Waals surface area contributed by atoms with Gasteiger partial charge in [0.2, 0.25) is 0 Å². The summed E-state index contributed by atoms with van der Waals surface area (Å²) in [6.45, 7) is 16.6. The first kappa shape index (κ1) is 60.9. The van der Waals surface area contributed by atoms with E-state index in [1.165, 1.54) is 26.6 Å². The Balaban J connectivity index is 1.74. The van der Waals surface area contributed by atoms with Crippen LogP contribution in [-0.4, -0.2) is 159 Å². The van der Waals surface area contributed by atoms with Crippen molar-refractivity contribution in [2.24, 2.45) is 23.2 Å². The van der Waals surface area contributed by atoms with Crippen LogP contribution in [-0.2, 0) is 32.8 Å². The van der Waals surface area contributed by atoms with Crippen LogP contribution in [0.3, 0.4) is 0 Å². The molecule has 0 aromatic carbocycles. The van der Waals surface area contributed by atoms with Crippen molar-refractivity contribution in [2.75, 3.05) is 41.5 Å². The van der Waals surface area contributed by atoms with E-state index in [9.17, 15) is 44.7 Å². The Kier molecular flexibility index (Phi) is 23.5. The number of hydrogen-bond donors (Lipinski definition) is 8. The van der Waals surface area contributed by atoms with Gasteiger partial charge in [-0.25, -0.2) is 9.55 Å². The van der Waals surface area contributed by atoms with Gasteiger partial charge in [-0.05, 0) is 64.9 Å². The lowest BCUT2D eigenvalue weighted by Gasteiger charge is -2.50. The molecule has 0 aliphatic carbocycles. The van der Waals surface area contributed by atoms with Crippen LogP contribution in [0, 0.1) is 34.5 Å². The van der Waals surface area contributed by atoms with E-state index in [0.717, 1.165) is 16.7 Å². The van der Waals surface area contributed by atoms with Crippen molar-refractivity contribution in [1.29, 1.82) is 5.26 Å². The molecule has 2 saturated heterocycles. The van der Waals surface area contributed by atoms with E-state index in [-0.39, 0.29) is 44.2 Å². The highest BCUT2D eigenvalue weighted by molar-refractivity contribution is 7.46. The number of amides is 1. The van der Waals surface area contributed by atoms with Gasteiger partial charge in [-0.15, -0.1) is 0 Å². The molecule has 1 spiro atoms. The van der Waals surface area contributed by atoms with Crippen molar-refractivity contribution in [3.8, 4) is 6.07 Å². The number of aliphatic hydroxyl groups excluding tert-OH is 5. The molecule has 1 aromatic heterocycles. The summed E-state index contributed by atoms with van der Waals surface area (Å²) in [5.74, 6) is -3.63. The number of carbonyl (C=O) groups excluding carboxylic acids is 1. The summed E-state index contributed by atoms with van der Waals surface area (Å²) < 4.78 is 48.2. The second-order valence-electron chi connectivity index (χ2n) is 19.9. The first-order chi connectivity index (χ1) is 32.6. The minimum absolute atomic E-state index is 0.0645. The van der Waals surface area contributed by atoms with E-state index < -0.39 is 97.7 Å². The van der Waals surface area contributed by atoms with E-state index >= 15 is 0 Å². The molecule has 1 aromatic rings. The molecule has 70 heavy (non-hydrogen) atoms. The standard InChI is InChI=1S/C50H81N4O15P/c1-29(20-22-51)16-14-17-30(2)32(4)24-33(5)42(57)35(7)38(55)25-41(65-13)45-46(69-70(61,62)63)49(8,9)50(68-45)26-39(56)34(6)40(67-50)19-15-18-36-27-66-48(53-36)31(3)21-23-52-47(60)44(59)43(58)37(28-64-12)54(10)11/h14-18,20,24,27,31,33-35,37-46,55-59H,19,21,23,25-26,28H2,1-13H3,(H,52,60)(H2,61,62,63)/b16-14+,18-15+,29-20+,30-17+,32-24+/t31-,33+,34-,35-,37-,38-,39-,40?,41-,42?,43-,44-,45+,46-,50+/m1/s1. The second-order valence-corrected chi connectivity index (χ2v) is 21.1. The maximum atomic E-state index is 12.6. The van der Waals surface area contributed by atoms with Crippen molar-refractivity contribution in [3.05, 3.63) is 71.0 Å². The number of aromatic nitrogens is 1. The minimum atomic E-state index is -5.15. The molecule has 0 bridgehead atoms. The van der Waals surface area contributed by atoms with E-state index in [1.807, 2.05) is 78.0 Å². The number of allylic oxidation sites excluding steroid dienone is 7. The van der Waals surface area contributed by atoms with Crippen LogP contribution in [0.5, 0.6) is 0 Å². The van der Waals surface area contributed by atoms with E-state index in [0.29, 0.717) is 18.0 Å². The predicted molar refractivity (Wildman–Crippen MR) is 262 cm³/mol. The first-order valence-electron chi connectivity index (χ1n) is 23.8. The van der Waals surface area contributed by atoms with Gasteiger partial charge >= 0.3 is 7.82 Å². The SMILES string of the molecule is COC[C@H]([C@@H](O)[C@@H](O)C(=O)NCC[C@@H](C)c1nc(/C=C/CC2O[C@@]3(C[C@@H](O)[C@H]2C)O[C@@H]([C@@H](C[C@@H](O)[C@@H](C)C(O)[C@@H](C)/C=C(C)/C(C)=C/C=C/C(C)=C/C#N)OC)[C@@H](OP(=O)(O)O)C3(C)C)co1)N(C)C. The van der Waals surface area contributed by atoms with Crippen molar-refractivity contribution in [1.82, 2.24) is 15.2 Å². The average molecular weight is 1010 g/mol. The molecule has 19 nitrogen and oxygen atoms in total.